The third kappa shape index (κ3) is 4.78. The summed E-state index contributed by atoms with van der Waals surface area (Å²) in [7, 11) is 0. The fraction of sp³-hybridized carbons (Fsp3) is 0.357. The van der Waals surface area contributed by atoms with E-state index in [0.717, 1.165) is 12.1 Å². The molecule has 2 aromatic rings. The molecule has 0 unspecified atom stereocenters. The van der Waals surface area contributed by atoms with Crippen LogP contribution in [0.2, 0.25) is 0 Å². The minimum atomic E-state index is -0.0932. The summed E-state index contributed by atoms with van der Waals surface area (Å²) in [5, 5.41) is 10.8. The molecule has 0 bridgehead atoms. The zero-order valence-electron chi connectivity index (χ0n) is 12.0. The normalized spacial score (nSPS) is 10.5. The Morgan fingerprint density at radius 2 is 2.14 bits per heavy atom. The molecule has 1 aromatic heterocycles. The lowest BCUT2D eigenvalue weighted by molar-refractivity contribution is -0.113. The van der Waals surface area contributed by atoms with Gasteiger partial charge < -0.3 is 11.2 Å². The van der Waals surface area contributed by atoms with Crippen molar-refractivity contribution in [1.29, 1.82) is 0 Å². The zero-order valence-corrected chi connectivity index (χ0v) is 12.8. The minimum Gasteiger partial charge on any atom is -0.336 e. The SMILES string of the molecule is CCCCc1ccc(NC(=O)CSc2nncn2N)cc1. The van der Waals surface area contributed by atoms with Crippen molar-refractivity contribution in [3.05, 3.63) is 36.2 Å². The van der Waals surface area contributed by atoms with Crippen LogP contribution >= 0.6 is 11.8 Å². The van der Waals surface area contributed by atoms with Crippen molar-refractivity contribution in [2.45, 2.75) is 31.3 Å². The molecule has 0 radical (unpaired) electrons. The molecule has 3 N–H and O–H groups in total. The van der Waals surface area contributed by atoms with E-state index in [4.69, 9.17) is 5.84 Å². The van der Waals surface area contributed by atoms with Gasteiger partial charge in [-0.1, -0.05) is 37.2 Å². The van der Waals surface area contributed by atoms with E-state index < -0.39 is 0 Å². The van der Waals surface area contributed by atoms with Crippen LogP contribution in [0.4, 0.5) is 5.69 Å². The van der Waals surface area contributed by atoms with Crippen LogP contribution < -0.4 is 11.2 Å². The van der Waals surface area contributed by atoms with Crippen molar-refractivity contribution in [2.75, 3.05) is 16.9 Å². The highest BCUT2D eigenvalue weighted by atomic mass is 32.2. The van der Waals surface area contributed by atoms with Gasteiger partial charge in [0.25, 0.3) is 0 Å². The van der Waals surface area contributed by atoms with Gasteiger partial charge >= 0.3 is 0 Å². The van der Waals surface area contributed by atoms with E-state index in [1.54, 1.807) is 0 Å². The van der Waals surface area contributed by atoms with E-state index in [0.29, 0.717) is 5.16 Å². The molecule has 6 nitrogen and oxygen atoms in total. The number of nitrogens with zero attached hydrogens (tertiary/aromatic N) is 3. The first-order valence-electron chi connectivity index (χ1n) is 6.85. The Morgan fingerprint density at radius 1 is 1.38 bits per heavy atom. The Bertz CT molecular complexity index is 581. The predicted molar refractivity (Wildman–Crippen MR) is 84.6 cm³/mol. The molecule has 0 saturated heterocycles. The van der Waals surface area contributed by atoms with Crippen molar-refractivity contribution in [1.82, 2.24) is 14.9 Å². The standard InChI is InChI=1S/C14H19N5OS/c1-2-3-4-11-5-7-12(8-6-11)17-13(20)9-21-14-18-16-10-19(14)15/h5-8,10H,2-4,9,15H2,1H3,(H,17,20). The molecular weight excluding hydrogens is 286 g/mol. The number of carbonyl (C=O) groups excluding carboxylic acids is 1. The maximum absolute atomic E-state index is 11.8. The summed E-state index contributed by atoms with van der Waals surface area (Å²) in [6.45, 7) is 2.18. The van der Waals surface area contributed by atoms with Gasteiger partial charge in [-0.25, -0.2) is 4.68 Å². The molecule has 0 spiro atoms. The average molecular weight is 305 g/mol. The number of aromatic nitrogens is 3. The largest absolute Gasteiger partial charge is 0.336 e. The highest BCUT2D eigenvalue weighted by Crippen LogP contribution is 2.15. The van der Waals surface area contributed by atoms with Gasteiger partial charge in [-0.2, -0.15) is 0 Å². The predicted octanol–water partition coefficient (Wildman–Crippen LogP) is 2.07. The summed E-state index contributed by atoms with van der Waals surface area (Å²) in [6.07, 6.45) is 4.84. The monoisotopic (exact) mass is 305 g/mol. The van der Waals surface area contributed by atoms with Gasteiger partial charge in [-0.05, 0) is 30.5 Å². The van der Waals surface area contributed by atoms with Gasteiger partial charge in [-0.3, -0.25) is 4.79 Å². The lowest BCUT2D eigenvalue weighted by atomic mass is 10.1. The molecule has 0 saturated carbocycles. The van der Waals surface area contributed by atoms with E-state index in [9.17, 15) is 4.79 Å². The minimum absolute atomic E-state index is 0.0932. The number of amides is 1. The quantitative estimate of drug-likeness (QED) is 0.604. The summed E-state index contributed by atoms with van der Waals surface area (Å²) in [5.74, 6) is 5.73. The second-order valence-corrected chi connectivity index (χ2v) is 5.60. The summed E-state index contributed by atoms with van der Waals surface area (Å²) in [6, 6.07) is 7.96. The van der Waals surface area contributed by atoms with E-state index in [-0.39, 0.29) is 11.7 Å². The van der Waals surface area contributed by atoms with Crippen molar-refractivity contribution in [3.8, 4) is 0 Å². The number of hydrogen-bond donors (Lipinski definition) is 2. The first-order chi connectivity index (χ1) is 10.2. The van der Waals surface area contributed by atoms with E-state index >= 15 is 0 Å². The van der Waals surface area contributed by atoms with Crippen LogP contribution in [0, 0.1) is 0 Å². The number of unbranched alkanes of at least 4 members (excludes halogenated alkanes) is 1. The van der Waals surface area contributed by atoms with Gasteiger partial charge in [-0.15, -0.1) is 10.2 Å². The molecule has 112 valence electrons. The first-order valence-corrected chi connectivity index (χ1v) is 7.84. The number of hydrogen-bond acceptors (Lipinski definition) is 5. The maximum Gasteiger partial charge on any atom is 0.234 e. The molecule has 2 rings (SSSR count). The van der Waals surface area contributed by atoms with E-state index in [2.05, 4.69) is 34.6 Å². The molecule has 7 heteroatoms. The van der Waals surface area contributed by atoms with E-state index in [1.807, 2.05) is 12.1 Å². The van der Waals surface area contributed by atoms with Crippen LogP contribution in [0.15, 0.2) is 35.7 Å². The molecule has 1 heterocycles. The van der Waals surface area contributed by atoms with Crippen LogP contribution in [0.3, 0.4) is 0 Å². The Balaban J connectivity index is 1.81. The van der Waals surface area contributed by atoms with Crippen molar-refractivity contribution in [2.24, 2.45) is 0 Å². The summed E-state index contributed by atoms with van der Waals surface area (Å²) >= 11 is 1.25. The first kappa shape index (κ1) is 15.4. The molecule has 0 atom stereocenters. The molecule has 0 aliphatic carbocycles. The van der Waals surface area contributed by atoms with Crippen LogP contribution in [-0.4, -0.2) is 26.5 Å². The molecule has 0 fully saturated rings. The molecule has 1 aromatic carbocycles. The number of nitrogens with two attached hydrogens (primary N) is 1. The molecular formula is C14H19N5OS. The number of thioether (sulfide) groups is 1. The summed E-state index contributed by atoms with van der Waals surface area (Å²) in [4.78, 5) is 11.8. The lowest BCUT2D eigenvalue weighted by Crippen LogP contribution is -2.15. The number of nitrogens with one attached hydrogen (secondary N) is 1. The van der Waals surface area contributed by atoms with Gasteiger partial charge in [0.1, 0.15) is 6.33 Å². The number of benzene rings is 1. The Labute approximate surface area is 128 Å². The number of nitrogen functional groups attached to an aromatic ring is 1. The fourth-order valence-electron chi connectivity index (χ4n) is 1.80. The van der Waals surface area contributed by atoms with Gasteiger partial charge in [0.2, 0.25) is 11.1 Å². The second-order valence-electron chi connectivity index (χ2n) is 4.66. The number of carbonyl (C=O) groups is 1. The van der Waals surface area contributed by atoms with Crippen molar-refractivity contribution < 1.29 is 4.79 Å². The van der Waals surface area contributed by atoms with Gasteiger partial charge in [0.05, 0.1) is 5.75 Å². The highest BCUT2D eigenvalue weighted by molar-refractivity contribution is 7.99. The second kappa shape index (κ2) is 7.68. The zero-order chi connectivity index (χ0) is 15.1. The summed E-state index contributed by atoms with van der Waals surface area (Å²) in [5.41, 5.74) is 2.09. The Morgan fingerprint density at radius 3 is 2.76 bits per heavy atom. The molecule has 0 aliphatic heterocycles. The fourth-order valence-corrected chi connectivity index (χ4v) is 2.43. The van der Waals surface area contributed by atoms with Crippen molar-refractivity contribution in [3.63, 3.8) is 0 Å². The number of rotatable bonds is 7. The summed E-state index contributed by atoms with van der Waals surface area (Å²) < 4.78 is 1.29. The van der Waals surface area contributed by atoms with Crippen LogP contribution in [0.25, 0.3) is 0 Å². The Kier molecular flexibility index (Phi) is 5.62. The van der Waals surface area contributed by atoms with Crippen LogP contribution in [0.1, 0.15) is 25.3 Å². The van der Waals surface area contributed by atoms with Crippen LogP contribution in [0.5, 0.6) is 0 Å². The third-order valence-electron chi connectivity index (χ3n) is 2.93. The Hall–Kier alpha value is -2.02. The average Bonchev–Trinajstić information content (AvgIpc) is 2.90. The smallest absolute Gasteiger partial charge is 0.234 e. The van der Waals surface area contributed by atoms with Crippen molar-refractivity contribution >= 4 is 23.4 Å². The van der Waals surface area contributed by atoms with Gasteiger partial charge in [0.15, 0.2) is 0 Å². The third-order valence-corrected chi connectivity index (χ3v) is 3.89. The van der Waals surface area contributed by atoms with Crippen LogP contribution in [-0.2, 0) is 11.2 Å². The highest BCUT2D eigenvalue weighted by Gasteiger charge is 2.07. The molecule has 0 aliphatic rings. The van der Waals surface area contributed by atoms with Gasteiger partial charge in [0, 0.05) is 5.69 Å². The number of aryl methyl sites for hydroxylation is 1. The topological polar surface area (TPSA) is 85.8 Å². The van der Waals surface area contributed by atoms with E-state index in [1.165, 1.54) is 41.2 Å². The molecule has 21 heavy (non-hydrogen) atoms. The molecule has 1 amide bonds. The number of anilines is 1. The maximum atomic E-state index is 11.8. The lowest BCUT2D eigenvalue weighted by Gasteiger charge is -2.06.